The van der Waals surface area contributed by atoms with Gasteiger partial charge in [0.05, 0.1) is 6.10 Å². The van der Waals surface area contributed by atoms with Gasteiger partial charge in [-0.05, 0) is 29.9 Å². The molecular weight excluding hydrogens is 283 g/mol. The Morgan fingerprint density at radius 2 is 1.81 bits per heavy atom. The molecule has 21 heavy (non-hydrogen) atoms. The monoisotopic (exact) mass is 303 g/mol. The molecule has 0 amide bonds. The van der Waals surface area contributed by atoms with Crippen LogP contribution in [0.5, 0.6) is 0 Å². The highest BCUT2D eigenvalue weighted by atomic mass is 19.4. The summed E-state index contributed by atoms with van der Waals surface area (Å²) in [4.78, 5) is 12.1. The molecule has 0 atom stereocenters. The van der Waals surface area contributed by atoms with Crippen molar-refractivity contribution in [3.63, 3.8) is 0 Å². The van der Waals surface area contributed by atoms with Crippen LogP contribution in [0, 0.1) is 0 Å². The molecule has 1 aromatic rings. The molecule has 0 saturated heterocycles. The molecule has 1 aromatic heterocycles. The zero-order valence-electron chi connectivity index (χ0n) is 12.6. The summed E-state index contributed by atoms with van der Waals surface area (Å²) in [6.45, 7) is 5.49. The van der Waals surface area contributed by atoms with Crippen molar-refractivity contribution in [2.45, 2.75) is 57.3 Å². The van der Waals surface area contributed by atoms with E-state index in [9.17, 15) is 18.0 Å². The molecule has 0 radical (unpaired) electrons. The number of rotatable bonds is 2. The number of aromatic nitrogens is 1. The lowest BCUT2D eigenvalue weighted by molar-refractivity contribution is -0.139. The van der Waals surface area contributed by atoms with Crippen molar-refractivity contribution in [3.8, 4) is 0 Å². The van der Waals surface area contributed by atoms with Gasteiger partial charge >= 0.3 is 6.18 Å². The number of halogens is 3. The quantitative estimate of drug-likeness (QED) is 0.837. The average molecular weight is 303 g/mol. The zero-order valence-corrected chi connectivity index (χ0v) is 12.6. The van der Waals surface area contributed by atoms with E-state index in [-0.39, 0.29) is 12.1 Å². The molecule has 1 fully saturated rings. The van der Waals surface area contributed by atoms with E-state index in [1.807, 2.05) is 20.8 Å². The van der Waals surface area contributed by atoms with Gasteiger partial charge < -0.3 is 9.30 Å². The number of methoxy groups -OCH3 is 1. The molecular formula is C15H20F3NO2. The van der Waals surface area contributed by atoms with Crippen molar-refractivity contribution >= 4 is 0 Å². The van der Waals surface area contributed by atoms with Crippen LogP contribution in [0.15, 0.2) is 17.1 Å². The van der Waals surface area contributed by atoms with Gasteiger partial charge in [-0.25, -0.2) is 0 Å². The first kappa shape index (κ1) is 16.1. The molecule has 1 aliphatic carbocycles. The molecule has 1 aliphatic rings. The molecule has 0 unspecified atom stereocenters. The molecule has 6 heteroatoms. The summed E-state index contributed by atoms with van der Waals surface area (Å²) >= 11 is 0. The van der Waals surface area contributed by atoms with E-state index in [2.05, 4.69) is 0 Å². The van der Waals surface area contributed by atoms with Crippen molar-refractivity contribution in [3.05, 3.63) is 33.7 Å². The van der Waals surface area contributed by atoms with Crippen molar-refractivity contribution < 1.29 is 17.9 Å². The molecule has 1 saturated carbocycles. The molecule has 2 rings (SSSR count). The summed E-state index contributed by atoms with van der Waals surface area (Å²) in [7, 11) is 1.57. The van der Waals surface area contributed by atoms with Crippen LogP contribution in [0.25, 0.3) is 0 Å². The summed E-state index contributed by atoms with van der Waals surface area (Å²) in [5.41, 5.74) is -2.00. The third-order valence-electron chi connectivity index (χ3n) is 4.01. The predicted molar refractivity (Wildman–Crippen MR) is 73.5 cm³/mol. The minimum atomic E-state index is -4.63. The summed E-state index contributed by atoms with van der Waals surface area (Å²) in [5.74, 6) is 0. The normalized spacial score (nSPS) is 23.0. The van der Waals surface area contributed by atoms with Crippen molar-refractivity contribution in [1.82, 2.24) is 4.57 Å². The van der Waals surface area contributed by atoms with Crippen LogP contribution >= 0.6 is 0 Å². The number of hydrogen-bond acceptors (Lipinski definition) is 2. The topological polar surface area (TPSA) is 31.2 Å². The molecule has 118 valence electrons. The second-order valence-electron chi connectivity index (χ2n) is 6.59. The zero-order chi connectivity index (χ0) is 16.0. The van der Waals surface area contributed by atoms with E-state index in [4.69, 9.17) is 4.74 Å². The molecule has 1 heterocycles. The van der Waals surface area contributed by atoms with Crippen LogP contribution < -0.4 is 5.56 Å². The Kier molecular flexibility index (Phi) is 3.95. The third kappa shape index (κ3) is 3.15. The highest BCUT2D eigenvalue weighted by Crippen LogP contribution is 2.36. The van der Waals surface area contributed by atoms with Crippen LogP contribution in [0.3, 0.4) is 0 Å². The minimum Gasteiger partial charge on any atom is -0.381 e. The maximum absolute atomic E-state index is 13.1. The number of pyridine rings is 1. The lowest BCUT2D eigenvalue weighted by Gasteiger charge is -2.36. The fourth-order valence-corrected chi connectivity index (χ4v) is 2.44. The van der Waals surface area contributed by atoms with E-state index >= 15 is 0 Å². The Labute approximate surface area is 121 Å². The average Bonchev–Trinajstić information content (AvgIpc) is 2.26. The Bertz CT molecular complexity index is 578. The summed E-state index contributed by atoms with van der Waals surface area (Å²) in [6, 6.07) is 0.761. The third-order valence-corrected chi connectivity index (χ3v) is 4.01. The van der Waals surface area contributed by atoms with Crippen LogP contribution in [0.1, 0.15) is 50.8 Å². The Morgan fingerprint density at radius 3 is 2.24 bits per heavy atom. The first-order chi connectivity index (χ1) is 9.54. The highest BCUT2D eigenvalue weighted by molar-refractivity contribution is 5.27. The van der Waals surface area contributed by atoms with Crippen LogP contribution in [0.4, 0.5) is 13.2 Å². The second kappa shape index (κ2) is 5.16. The number of ether oxygens (including phenoxy) is 1. The van der Waals surface area contributed by atoms with E-state index in [0.717, 1.165) is 6.07 Å². The van der Waals surface area contributed by atoms with E-state index in [1.54, 1.807) is 13.3 Å². The fourth-order valence-electron chi connectivity index (χ4n) is 2.44. The van der Waals surface area contributed by atoms with E-state index in [0.29, 0.717) is 18.4 Å². The van der Waals surface area contributed by atoms with Gasteiger partial charge in [-0.1, -0.05) is 20.8 Å². The number of nitrogens with zero attached hydrogens (tertiary/aromatic N) is 1. The lowest BCUT2D eigenvalue weighted by Crippen LogP contribution is -2.40. The minimum absolute atomic E-state index is 0.0227. The van der Waals surface area contributed by atoms with Crippen LogP contribution in [0.2, 0.25) is 0 Å². The van der Waals surface area contributed by atoms with Gasteiger partial charge in [-0.3, -0.25) is 4.79 Å². The van der Waals surface area contributed by atoms with E-state index < -0.39 is 22.7 Å². The molecule has 0 aliphatic heterocycles. The van der Waals surface area contributed by atoms with Gasteiger partial charge in [0, 0.05) is 19.3 Å². The van der Waals surface area contributed by atoms with E-state index in [1.165, 1.54) is 4.57 Å². The first-order valence-corrected chi connectivity index (χ1v) is 6.90. The van der Waals surface area contributed by atoms with Crippen LogP contribution in [-0.2, 0) is 16.3 Å². The lowest BCUT2D eigenvalue weighted by atomic mass is 9.85. The first-order valence-electron chi connectivity index (χ1n) is 6.90. The van der Waals surface area contributed by atoms with Gasteiger partial charge in [0.2, 0.25) is 0 Å². The number of alkyl halides is 3. The van der Waals surface area contributed by atoms with Crippen molar-refractivity contribution in [2.24, 2.45) is 0 Å². The van der Waals surface area contributed by atoms with Gasteiger partial charge in [0.15, 0.2) is 0 Å². The Hall–Kier alpha value is -1.30. The van der Waals surface area contributed by atoms with Crippen molar-refractivity contribution in [1.29, 1.82) is 0 Å². The molecule has 0 spiro atoms. The van der Waals surface area contributed by atoms with Crippen LogP contribution in [-0.4, -0.2) is 17.8 Å². The SMILES string of the molecule is COC1CC(n2cc(C(C)(C)C)cc(C(F)(F)F)c2=O)C1. The van der Waals surface area contributed by atoms with Gasteiger partial charge in [0.1, 0.15) is 5.56 Å². The standard InChI is InChI=1S/C15H20F3NO2/c1-14(2,3)9-5-12(15(16,17)18)13(20)19(8-9)10-6-11(7-10)21-4/h5,8,10-11H,6-7H2,1-4H3. The molecule has 0 bridgehead atoms. The van der Waals surface area contributed by atoms with Crippen molar-refractivity contribution in [2.75, 3.05) is 7.11 Å². The maximum atomic E-state index is 13.1. The predicted octanol–water partition coefficient (Wildman–Crippen LogP) is 3.51. The summed E-state index contributed by atoms with van der Waals surface area (Å²) in [5, 5.41) is 0. The van der Waals surface area contributed by atoms with Gasteiger partial charge in [-0.15, -0.1) is 0 Å². The van der Waals surface area contributed by atoms with Gasteiger partial charge in [0.25, 0.3) is 5.56 Å². The smallest absolute Gasteiger partial charge is 0.381 e. The second-order valence-corrected chi connectivity index (χ2v) is 6.59. The Balaban J connectivity index is 2.52. The largest absolute Gasteiger partial charge is 0.421 e. The van der Waals surface area contributed by atoms with Gasteiger partial charge in [-0.2, -0.15) is 13.2 Å². The Morgan fingerprint density at radius 1 is 1.24 bits per heavy atom. The summed E-state index contributed by atoms with van der Waals surface area (Å²) in [6.07, 6.45) is -1.91. The molecule has 0 aromatic carbocycles. The fraction of sp³-hybridized carbons (Fsp3) is 0.667. The molecule has 0 N–H and O–H groups in total. The molecule has 3 nitrogen and oxygen atoms in total. The summed E-state index contributed by atoms with van der Waals surface area (Å²) < 4.78 is 45.6. The maximum Gasteiger partial charge on any atom is 0.421 e. The number of hydrogen-bond donors (Lipinski definition) is 0. The highest BCUT2D eigenvalue weighted by Gasteiger charge is 2.38.